The third kappa shape index (κ3) is 2.70. The Morgan fingerprint density at radius 2 is 1.77 bits per heavy atom. The Morgan fingerprint density at radius 1 is 1.00 bits per heavy atom. The minimum Gasteiger partial charge on any atom is -0.497 e. The average molecular weight is 349 g/mol. The maximum atomic E-state index is 6.56. The Bertz CT molecular complexity index is 947. The molecule has 0 amide bonds. The molecule has 1 aromatic heterocycles. The molecule has 3 aromatic rings. The zero-order chi connectivity index (χ0) is 18.1. The second-order valence-corrected chi connectivity index (χ2v) is 5.86. The number of furan rings is 1. The van der Waals surface area contributed by atoms with Crippen molar-refractivity contribution in [3.63, 3.8) is 0 Å². The second-order valence-electron chi connectivity index (χ2n) is 5.86. The summed E-state index contributed by atoms with van der Waals surface area (Å²) in [6.07, 6.45) is 1.18. The molecular formula is C20H19N3O3. The smallest absolute Gasteiger partial charge is 0.227 e. The molecule has 0 aliphatic carbocycles. The molecule has 1 aliphatic heterocycles. The van der Waals surface area contributed by atoms with Crippen molar-refractivity contribution in [3.05, 3.63) is 72.0 Å². The van der Waals surface area contributed by atoms with E-state index in [1.165, 1.54) is 0 Å². The molecular weight excluding hydrogens is 330 g/mol. The number of amidine groups is 1. The van der Waals surface area contributed by atoms with Gasteiger partial charge in [-0.15, -0.1) is 0 Å². The summed E-state index contributed by atoms with van der Waals surface area (Å²) in [7, 11) is 3.28. The number of hydrogen-bond acceptors (Lipinski definition) is 6. The van der Waals surface area contributed by atoms with Crippen molar-refractivity contribution in [2.24, 2.45) is 10.7 Å². The summed E-state index contributed by atoms with van der Waals surface area (Å²) in [5, 5.41) is 0. The van der Waals surface area contributed by atoms with Crippen LogP contribution < -0.4 is 20.1 Å². The highest BCUT2D eigenvalue weighted by Gasteiger charge is 2.31. The van der Waals surface area contributed by atoms with E-state index in [1.54, 1.807) is 20.5 Å². The lowest BCUT2D eigenvalue weighted by molar-refractivity contribution is 0.415. The summed E-state index contributed by atoms with van der Waals surface area (Å²) in [5.41, 5.74) is 9.20. The first kappa shape index (κ1) is 16.2. The molecule has 1 aliphatic rings. The number of benzene rings is 2. The van der Waals surface area contributed by atoms with E-state index >= 15 is 0 Å². The lowest BCUT2D eigenvalue weighted by atomic mass is 10.1. The molecule has 0 bridgehead atoms. The summed E-state index contributed by atoms with van der Waals surface area (Å²) in [4.78, 5) is 6.68. The van der Waals surface area contributed by atoms with E-state index in [0.717, 1.165) is 28.3 Å². The normalized spacial score (nSPS) is 16.0. The van der Waals surface area contributed by atoms with Crippen LogP contribution in [0.2, 0.25) is 0 Å². The molecule has 2 heterocycles. The van der Waals surface area contributed by atoms with Gasteiger partial charge in [0.25, 0.3) is 0 Å². The monoisotopic (exact) mass is 349 g/mol. The third-order valence-corrected chi connectivity index (χ3v) is 4.39. The number of nitrogens with two attached hydrogens (primary N) is 1. The van der Waals surface area contributed by atoms with Crippen LogP contribution in [0.3, 0.4) is 0 Å². The molecule has 132 valence electrons. The molecule has 0 saturated heterocycles. The fourth-order valence-electron chi connectivity index (χ4n) is 3.03. The molecule has 6 heteroatoms. The quantitative estimate of drug-likeness (QED) is 0.774. The van der Waals surface area contributed by atoms with Crippen molar-refractivity contribution in [2.45, 2.75) is 6.17 Å². The van der Waals surface area contributed by atoms with Gasteiger partial charge in [0.05, 0.1) is 26.0 Å². The number of nitrogens with zero attached hydrogens (tertiary/aromatic N) is 2. The first-order chi connectivity index (χ1) is 12.7. The molecule has 26 heavy (non-hydrogen) atoms. The minimum absolute atomic E-state index is 0.426. The zero-order valence-corrected chi connectivity index (χ0v) is 14.5. The zero-order valence-electron chi connectivity index (χ0n) is 14.5. The van der Waals surface area contributed by atoms with Crippen LogP contribution in [0.1, 0.15) is 17.3 Å². The maximum Gasteiger partial charge on any atom is 0.227 e. The molecule has 2 N–H and O–H groups in total. The number of anilines is 1. The van der Waals surface area contributed by atoms with Crippen molar-refractivity contribution >= 4 is 17.4 Å². The lowest BCUT2D eigenvalue weighted by Crippen LogP contribution is -2.41. The molecule has 1 unspecified atom stereocenters. The Kier molecular flexibility index (Phi) is 4.10. The average Bonchev–Trinajstić information content (AvgIpc) is 3.17. The highest BCUT2D eigenvalue weighted by Crippen LogP contribution is 2.38. The van der Waals surface area contributed by atoms with Gasteiger partial charge in [0.2, 0.25) is 5.88 Å². The largest absolute Gasteiger partial charge is 0.497 e. The van der Waals surface area contributed by atoms with Crippen LogP contribution in [-0.4, -0.2) is 20.1 Å². The molecule has 2 aromatic carbocycles. The summed E-state index contributed by atoms with van der Waals surface area (Å²) >= 11 is 0. The number of aliphatic imine (C=N–C) groups is 1. The van der Waals surface area contributed by atoms with Gasteiger partial charge in [0.1, 0.15) is 23.5 Å². The molecule has 0 spiro atoms. The Labute approximate surface area is 151 Å². The van der Waals surface area contributed by atoms with Crippen LogP contribution >= 0.6 is 0 Å². The van der Waals surface area contributed by atoms with E-state index in [0.29, 0.717) is 11.7 Å². The van der Waals surface area contributed by atoms with E-state index in [9.17, 15) is 0 Å². The van der Waals surface area contributed by atoms with E-state index in [1.807, 2.05) is 59.5 Å². The SMILES string of the molecule is COc1ccc(C2=Nc3occc3C(N)N2c2cccc(OC)c2)cc1. The van der Waals surface area contributed by atoms with Gasteiger partial charge < -0.3 is 24.5 Å². The van der Waals surface area contributed by atoms with E-state index < -0.39 is 6.17 Å². The van der Waals surface area contributed by atoms with Crippen molar-refractivity contribution in [3.8, 4) is 11.5 Å². The highest BCUT2D eigenvalue weighted by molar-refractivity contribution is 6.12. The molecule has 0 radical (unpaired) electrons. The molecule has 4 rings (SSSR count). The van der Waals surface area contributed by atoms with Crippen LogP contribution in [0, 0.1) is 0 Å². The van der Waals surface area contributed by atoms with E-state index in [2.05, 4.69) is 0 Å². The molecule has 0 saturated carbocycles. The summed E-state index contributed by atoms with van der Waals surface area (Å²) in [5.74, 6) is 2.76. The number of ether oxygens (including phenoxy) is 2. The second kappa shape index (κ2) is 6.57. The fourth-order valence-corrected chi connectivity index (χ4v) is 3.03. The number of rotatable bonds is 4. The van der Waals surface area contributed by atoms with Crippen molar-refractivity contribution in [1.82, 2.24) is 0 Å². The number of hydrogen-bond donors (Lipinski definition) is 1. The van der Waals surface area contributed by atoms with Gasteiger partial charge in [-0.3, -0.25) is 0 Å². The number of methoxy groups -OCH3 is 2. The van der Waals surface area contributed by atoms with Gasteiger partial charge in [-0.1, -0.05) is 6.07 Å². The van der Waals surface area contributed by atoms with Gasteiger partial charge in [-0.05, 0) is 42.5 Å². The van der Waals surface area contributed by atoms with Crippen LogP contribution in [0.5, 0.6) is 11.5 Å². The third-order valence-electron chi connectivity index (χ3n) is 4.39. The summed E-state index contributed by atoms with van der Waals surface area (Å²) in [6.45, 7) is 0. The van der Waals surface area contributed by atoms with Crippen LogP contribution in [-0.2, 0) is 0 Å². The van der Waals surface area contributed by atoms with Gasteiger partial charge in [0.15, 0.2) is 0 Å². The maximum absolute atomic E-state index is 6.56. The minimum atomic E-state index is -0.426. The first-order valence-corrected chi connectivity index (χ1v) is 8.20. The molecule has 0 fully saturated rings. The van der Waals surface area contributed by atoms with Gasteiger partial charge >= 0.3 is 0 Å². The Morgan fingerprint density at radius 3 is 2.50 bits per heavy atom. The molecule has 1 atom stereocenters. The van der Waals surface area contributed by atoms with Crippen LogP contribution in [0.25, 0.3) is 0 Å². The van der Waals surface area contributed by atoms with Gasteiger partial charge in [-0.25, -0.2) is 0 Å². The predicted octanol–water partition coefficient (Wildman–Crippen LogP) is 3.85. The van der Waals surface area contributed by atoms with Crippen LogP contribution in [0.4, 0.5) is 11.6 Å². The Balaban J connectivity index is 1.85. The number of fused-ring (bicyclic) bond motifs is 1. The van der Waals surface area contributed by atoms with Crippen LogP contribution in [0.15, 0.2) is 70.3 Å². The van der Waals surface area contributed by atoms with Crippen molar-refractivity contribution in [1.29, 1.82) is 0 Å². The van der Waals surface area contributed by atoms with Gasteiger partial charge in [0, 0.05) is 17.3 Å². The summed E-state index contributed by atoms with van der Waals surface area (Å²) in [6, 6.07) is 17.3. The van der Waals surface area contributed by atoms with E-state index in [4.69, 9.17) is 24.6 Å². The standard InChI is InChI=1S/C20H19N3O3/c1-24-15-8-6-13(7-9-15)19-22-20-17(10-11-26-20)18(21)23(19)14-4-3-5-16(12-14)25-2/h3-12,18H,21H2,1-2H3. The van der Waals surface area contributed by atoms with Crippen molar-refractivity contribution in [2.75, 3.05) is 19.1 Å². The fraction of sp³-hybridized carbons (Fsp3) is 0.150. The first-order valence-electron chi connectivity index (χ1n) is 8.20. The van der Waals surface area contributed by atoms with Crippen molar-refractivity contribution < 1.29 is 13.9 Å². The Hall–Kier alpha value is -3.25. The molecule has 6 nitrogen and oxygen atoms in total. The summed E-state index contributed by atoms with van der Waals surface area (Å²) < 4.78 is 16.1. The van der Waals surface area contributed by atoms with Gasteiger partial charge in [-0.2, -0.15) is 4.99 Å². The lowest BCUT2D eigenvalue weighted by Gasteiger charge is -2.34. The van der Waals surface area contributed by atoms with E-state index in [-0.39, 0.29) is 0 Å². The highest BCUT2D eigenvalue weighted by atomic mass is 16.5. The topological polar surface area (TPSA) is 73.2 Å². The predicted molar refractivity (Wildman–Crippen MR) is 100 cm³/mol.